The molecule has 1 aliphatic heterocycles. The van der Waals surface area contributed by atoms with Gasteiger partial charge in [-0.05, 0) is 91.7 Å². The Morgan fingerprint density at radius 2 is 1.61 bits per heavy atom. The molecule has 5 nitrogen and oxygen atoms in total. The van der Waals surface area contributed by atoms with E-state index in [1.54, 1.807) is 0 Å². The maximum atomic E-state index is 12.9. The van der Waals surface area contributed by atoms with Gasteiger partial charge in [0.15, 0.2) is 0 Å². The smallest absolute Gasteiger partial charge is 0.492 e. The zero-order chi connectivity index (χ0) is 23.8. The molecule has 0 amide bonds. The summed E-state index contributed by atoms with van der Waals surface area (Å²) in [5, 5.41) is 0. The van der Waals surface area contributed by atoms with E-state index < -0.39 is 18.1 Å². The number of benzene rings is 1. The second-order valence-electron chi connectivity index (χ2n) is 11.6. The van der Waals surface area contributed by atoms with Crippen LogP contribution in [0.15, 0.2) is 18.2 Å². The van der Waals surface area contributed by atoms with Crippen molar-refractivity contribution in [2.24, 2.45) is 11.3 Å². The van der Waals surface area contributed by atoms with E-state index in [1.165, 1.54) is 0 Å². The van der Waals surface area contributed by atoms with E-state index >= 15 is 0 Å². The van der Waals surface area contributed by atoms with Crippen molar-refractivity contribution in [2.75, 3.05) is 6.61 Å². The van der Waals surface area contributed by atoms with Gasteiger partial charge in [-0.25, -0.2) is 0 Å². The average Bonchev–Trinajstić information content (AvgIpc) is 2.79. The van der Waals surface area contributed by atoms with Crippen LogP contribution in [0.1, 0.15) is 81.2 Å². The van der Waals surface area contributed by atoms with E-state index in [2.05, 4.69) is 13.8 Å². The van der Waals surface area contributed by atoms with Gasteiger partial charge in [0.1, 0.15) is 18.0 Å². The molecule has 1 saturated heterocycles. The average molecular weight is 432 g/mol. The van der Waals surface area contributed by atoms with Gasteiger partial charge in [-0.15, -0.1) is 0 Å². The first-order chi connectivity index (χ1) is 14.0. The molecule has 1 atom stereocenters. The van der Waals surface area contributed by atoms with Crippen molar-refractivity contribution in [3.63, 3.8) is 0 Å². The van der Waals surface area contributed by atoms with Crippen LogP contribution >= 0.6 is 0 Å². The predicted octanol–water partition coefficient (Wildman–Crippen LogP) is 5.07. The first kappa shape index (κ1) is 25.7. The van der Waals surface area contributed by atoms with Gasteiger partial charge in [-0.2, -0.15) is 0 Å². The molecule has 2 rings (SSSR count). The first-order valence-electron chi connectivity index (χ1n) is 11.3. The Morgan fingerprint density at radius 1 is 1.06 bits per heavy atom. The molecular weight excluding hydrogens is 391 g/mol. The summed E-state index contributed by atoms with van der Waals surface area (Å²) in [4.78, 5) is 12.9. The SMILES string of the molecule is Cc1cc(B2OC(C)(C)C(C)(C)O2)ccc1OCC(C)(CC(C)C)C(=O)OC(C)(C)C. The third-order valence-electron chi connectivity index (χ3n) is 6.02. The molecule has 0 radical (unpaired) electrons. The lowest BCUT2D eigenvalue weighted by molar-refractivity contribution is -0.169. The van der Waals surface area contributed by atoms with Crippen molar-refractivity contribution in [3.8, 4) is 5.75 Å². The highest BCUT2D eigenvalue weighted by molar-refractivity contribution is 6.62. The monoisotopic (exact) mass is 432 g/mol. The van der Waals surface area contributed by atoms with E-state index in [0.29, 0.717) is 12.3 Å². The summed E-state index contributed by atoms with van der Waals surface area (Å²) in [6.45, 7) is 22.2. The fourth-order valence-corrected chi connectivity index (χ4v) is 3.70. The number of rotatable bonds is 7. The van der Waals surface area contributed by atoms with Gasteiger partial charge in [0.05, 0.1) is 16.6 Å². The van der Waals surface area contributed by atoms with E-state index in [-0.39, 0.29) is 23.8 Å². The number of ether oxygens (including phenoxy) is 2. The van der Waals surface area contributed by atoms with Crippen LogP contribution in [0.25, 0.3) is 0 Å². The second-order valence-corrected chi connectivity index (χ2v) is 11.6. The Hall–Kier alpha value is -1.53. The molecule has 0 saturated carbocycles. The molecule has 0 spiro atoms. The third kappa shape index (κ3) is 6.26. The van der Waals surface area contributed by atoms with E-state index in [0.717, 1.165) is 16.8 Å². The number of aryl methyl sites for hydroxylation is 1. The molecule has 0 aromatic heterocycles. The highest BCUT2D eigenvalue weighted by Crippen LogP contribution is 2.37. The van der Waals surface area contributed by atoms with Gasteiger partial charge in [-0.1, -0.05) is 26.0 Å². The highest BCUT2D eigenvalue weighted by Gasteiger charge is 2.51. The minimum Gasteiger partial charge on any atom is -0.492 e. The molecule has 1 heterocycles. The molecule has 1 aliphatic rings. The van der Waals surface area contributed by atoms with E-state index in [4.69, 9.17) is 18.8 Å². The van der Waals surface area contributed by atoms with Gasteiger partial charge in [0.2, 0.25) is 0 Å². The first-order valence-corrected chi connectivity index (χ1v) is 11.3. The number of hydrogen-bond donors (Lipinski definition) is 0. The summed E-state index contributed by atoms with van der Waals surface area (Å²) in [5.74, 6) is 0.868. The van der Waals surface area contributed by atoms with Crippen LogP contribution in [0.3, 0.4) is 0 Å². The van der Waals surface area contributed by atoms with Crippen molar-refractivity contribution in [1.29, 1.82) is 0 Å². The number of carbonyl (C=O) groups excluding carboxylic acids is 1. The molecular formula is C25H41BO5. The predicted molar refractivity (Wildman–Crippen MR) is 126 cm³/mol. The largest absolute Gasteiger partial charge is 0.494 e. The van der Waals surface area contributed by atoms with Crippen molar-refractivity contribution >= 4 is 18.6 Å². The lowest BCUT2D eigenvalue weighted by Gasteiger charge is -2.32. The van der Waals surface area contributed by atoms with E-state index in [1.807, 2.05) is 80.5 Å². The van der Waals surface area contributed by atoms with Crippen LogP contribution in [0.2, 0.25) is 0 Å². The standard InChI is InChI=1S/C25H41BO5/c1-17(2)15-25(11,21(27)29-22(4,5)6)16-28-20-13-12-19(14-18(20)3)26-30-23(7,8)24(9,10)31-26/h12-14,17H,15-16H2,1-11H3. The Balaban J connectivity index is 2.15. The maximum absolute atomic E-state index is 12.9. The molecule has 0 N–H and O–H groups in total. The summed E-state index contributed by atoms with van der Waals surface area (Å²) in [6, 6.07) is 5.93. The van der Waals surface area contributed by atoms with E-state index in [9.17, 15) is 4.79 Å². The number of carbonyl (C=O) groups is 1. The van der Waals surface area contributed by atoms with Crippen LogP contribution in [-0.4, -0.2) is 36.5 Å². The molecule has 31 heavy (non-hydrogen) atoms. The summed E-state index contributed by atoms with van der Waals surface area (Å²) >= 11 is 0. The zero-order valence-corrected chi connectivity index (χ0v) is 21.3. The van der Waals surface area contributed by atoms with Crippen molar-refractivity contribution in [2.45, 2.75) is 99.4 Å². The topological polar surface area (TPSA) is 54.0 Å². The number of esters is 1. The minimum absolute atomic E-state index is 0.222. The summed E-state index contributed by atoms with van der Waals surface area (Å²) in [5.41, 5.74) is -0.0860. The third-order valence-corrected chi connectivity index (χ3v) is 6.02. The second kappa shape index (κ2) is 8.78. The van der Waals surface area contributed by atoms with Gasteiger partial charge in [-0.3, -0.25) is 4.79 Å². The van der Waals surface area contributed by atoms with Crippen LogP contribution in [0.5, 0.6) is 5.75 Å². The van der Waals surface area contributed by atoms with Crippen molar-refractivity contribution in [3.05, 3.63) is 23.8 Å². The van der Waals surface area contributed by atoms with Gasteiger partial charge in [0, 0.05) is 0 Å². The number of hydrogen-bond acceptors (Lipinski definition) is 5. The Labute approximate surface area is 189 Å². The molecule has 6 heteroatoms. The molecule has 1 unspecified atom stereocenters. The molecule has 174 valence electrons. The molecule has 1 aromatic carbocycles. The van der Waals surface area contributed by atoms with Crippen LogP contribution in [0, 0.1) is 18.3 Å². The van der Waals surface area contributed by atoms with Gasteiger partial charge in [0.25, 0.3) is 0 Å². The molecule has 0 bridgehead atoms. The van der Waals surface area contributed by atoms with Crippen LogP contribution in [-0.2, 0) is 18.8 Å². The zero-order valence-electron chi connectivity index (χ0n) is 21.3. The quantitative estimate of drug-likeness (QED) is 0.445. The molecule has 0 aliphatic carbocycles. The Morgan fingerprint density at radius 3 is 2.06 bits per heavy atom. The van der Waals surface area contributed by atoms with Crippen LogP contribution < -0.4 is 10.2 Å². The maximum Gasteiger partial charge on any atom is 0.494 e. The lowest BCUT2D eigenvalue weighted by atomic mass is 9.78. The minimum atomic E-state index is -0.724. The lowest BCUT2D eigenvalue weighted by Crippen LogP contribution is -2.41. The van der Waals surface area contributed by atoms with Gasteiger partial charge >= 0.3 is 13.1 Å². The fraction of sp³-hybridized carbons (Fsp3) is 0.720. The molecule has 1 aromatic rings. The van der Waals surface area contributed by atoms with Crippen molar-refractivity contribution in [1.82, 2.24) is 0 Å². The van der Waals surface area contributed by atoms with Crippen LogP contribution in [0.4, 0.5) is 0 Å². The normalized spacial score (nSPS) is 19.9. The highest BCUT2D eigenvalue weighted by atomic mass is 16.7. The molecule has 1 fully saturated rings. The van der Waals surface area contributed by atoms with Gasteiger partial charge < -0.3 is 18.8 Å². The fourth-order valence-electron chi connectivity index (χ4n) is 3.70. The summed E-state index contributed by atoms with van der Waals surface area (Å²) in [7, 11) is -0.411. The Bertz CT molecular complexity index is 778. The Kier molecular flexibility index (Phi) is 7.29. The summed E-state index contributed by atoms with van der Waals surface area (Å²) in [6.07, 6.45) is 0.687. The summed E-state index contributed by atoms with van der Waals surface area (Å²) < 4.78 is 24.2. The van der Waals surface area contributed by atoms with Crippen molar-refractivity contribution < 1.29 is 23.6 Å².